The van der Waals surface area contributed by atoms with Crippen LogP contribution in [0.1, 0.15) is 20.7 Å². The second kappa shape index (κ2) is 6.55. The van der Waals surface area contributed by atoms with Crippen molar-refractivity contribution >= 4 is 21.8 Å². The van der Waals surface area contributed by atoms with E-state index in [-0.39, 0.29) is 16.0 Å². The Hall–Kier alpha value is -2.78. The number of halogens is 1. The van der Waals surface area contributed by atoms with Gasteiger partial charge in [0.15, 0.2) is 0 Å². The maximum absolute atomic E-state index is 13.4. The number of carbonyl (C=O) groups is 2. The number of carbonyl (C=O) groups excluding carboxylic acids is 2. The van der Waals surface area contributed by atoms with Crippen LogP contribution in [0.5, 0.6) is 0 Å². The fourth-order valence-corrected chi connectivity index (χ4v) is 2.52. The van der Waals surface area contributed by atoms with Crippen molar-refractivity contribution in [3.63, 3.8) is 0 Å². The van der Waals surface area contributed by atoms with Crippen LogP contribution in [0.4, 0.5) is 4.39 Å². The van der Waals surface area contributed by atoms with Crippen LogP contribution in [0, 0.1) is 5.82 Å². The van der Waals surface area contributed by atoms with E-state index < -0.39 is 27.7 Å². The zero-order valence-electron chi connectivity index (χ0n) is 11.6. The van der Waals surface area contributed by atoms with Gasteiger partial charge in [-0.05, 0) is 36.4 Å². The highest BCUT2D eigenvalue weighted by atomic mass is 32.2. The number of rotatable bonds is 5. The molecule has 0 saturated heterocycles. The lowest BCUT2D eigenvalue weighted by Gasteiger charge is -2.09. The molecule has 0 aliphatic rings. The SMILES string of the molecule is NC(=O)c1ccc(S(=O)(=O)NNC(=O)c2ccccc2F)cc1. The van der Waals surface area contributed by atoms with Gasteiger partial charge in [-0.3, -0.25) is 15.0 Å². The molecule has 0 spiro atoms. The molecule has 9 heteroatoms. The highest BCUT2D eigenvalue weighted by Gasteiger charge is 2.17. The van der Waals surface area contributed by atoms with Gasteiger partial charge in [-0.15, -0.1) is 4.83 Å². The van der Waals surface area contributed by atoms with E-state index in [0.29, 0.717) is 0 Å². The predicted molar refractivity (Wildman–Crippen MR) is 79.1 cm³/mol. The molecule has 120 valence electrons. The summed E-state index contributed by atoms with van der Waals surface area (Å²) in [6, 6.07) is 9.89. The van der Waals surface area contributed by atoms with Crippen molar-refractivity contribution in [3.8, 4) is 0 Å². The Labute approximate surface area is 131 Å². The third kappa shape index (κ3) is 3.90. The number of amides is 2. The zero-order chi connectivity index (χ0) is 17.0. The first-order chi connectivity index (χ1) is 10.8. The van der Waals surface area contributed by atoms with Gasteiger partial charge in [-0.1, -0.05) is 12.1 Å². The number of hydrogen-bond donors (Lipinski definition) is 3. The number of primary amides is 1. The molecule has 0 unspecified atom stereocenters. The number of hydrogen-bond acceptors (Lipinski definition) is 4. The second-order valence-corrected chi connectivity index (χ2v) is 6.11. The minimum absolute atomic E-state index is 0.138. The van der Waals surface area contributed by atoms with Crippen LogP contribution in [-0.2, 0) is 10.0 Å². The van der Waals surface area contributed by atoms with Crippen LogP contribution < -0.4 is 16.0 Å². The average Bonchev–Trinajstić information content (AvgIpc) is 2.53. The lowest BCUT2D eigenvalue weighted by atomic mass is 10.2. The van der Waals surface area contributed by atoms with Gasteiger partial charge in [0.25, 0.3) is 15.9 Å². The van der Waals surface area contributed by atoms with Gasteiger partial charge in [-0.25, -0.2) is 12.8 Å². The van der Waals surface area contributed by atoms with E-state index in [2.05, 4.69) is 0 Å². The van der Waals surface area contributed by atoms with Gasteiger partial charge >= 0.3 is 0 Å². The van der Waals surface area contributed by atoms with Crippen molar-refractivity contribution in [2.75, 3.05) is 0 Å². The van der Waals surface area contributed by atoms with Crippen molar-refractivity contribution < 1.29 is 22.4 Å². The van der Waals surface area contributed by atoms with Crippen LogP contribution >= 0.6 is 0 Å². The molecule has 4 N–H and O–H groups in total. The fraction of sp³-hybridized carbons (Fsp3) is 0. The van der Waals surface area contributed by atoms with Crippen LogP contribution in [0.25, 0.3) is 0 Å². The lowest BCUT2D eigenvalue weighted by Crippen LogP contribution is -2.41. The molecule has 7 nitrogen and oxygen atoms in total. The summed E-state index contributed by atoms with van der Waals surface area (Å²) in [5, 5.41) is 0. The van der Waals surface area contributed by atoms with E-state index in [1.165, 1.54) is 30.3 Å². The first-order valence-electron chi connectivity index (χ1n) is 6.28. The number of sulfonamides is 1. The van der Waals surface area contributed by atoms with Crippen LogP contribution in [0.15, 0.2) is 53.4 Å². The Morgan fingerprint density at radius 1 is 1.00 bits per heavy atom. The molecular formula is C14H12FN3O4S. The van der Waals surface area contributed by atoms with Gasteiger partial charge in [-0.2, -0.15) is 0 Å². The molecule has 0 heterocycles. The van der Waals surface area contributed by atoms with E-state index in [9.17, 15) is 22.4 Å². The monoisotopic (exact) mass is 337 g/mol. The van der Waals surface area contributed by atoms with E-state index >= 15 is 0 Å². The molecule has 0 saturated carbocycles. The smallest absolute Gasteiger partial charge is 0.269 e. The Bertz CT molecular complexity index is 851. The molecule has 0 atom stereocenters. The minimum atomic E-state index is -4.08. The third-order valence-corrected chi connectivity index (χ3v) is 4.13. The normalized spacial score (nSPS) is 11.0. The van der Waals surface area contributed by atoms with Gasteiger partial charge in [0.05, 0.1) is 10.5 Å². The van der Waals surface area contributed by atoms with Gasteiger partial charge in [0.1, 0.15) is 5.82 Å². The first-order valence-corrected chi connectivity index (χ1v) is 7.76. The molecule has 0 radical (unpaired) electrons. The van der Waals surface area contributed by atoms with E-state index in [4.69, 9.17) is 5.73 Å². The largest absolute Gasteiger partial charge is 0.366 e. The molecule has 0 bridgehead atoms. The maximum atomic E-state index is 13.4. The van der Waals surface area contributed by atoms with Crippen molar-refractivity contribution in [2.45, 2.75) is 4.90 Å². The Balaban J connectivity index is 2.11. The molecule has 2 aromatic carbocycles. The summed E-state index contributed by atoms with van der Waals surface area (Å²) in [4.78, 5) is 24.3. The molecule has 23 heavy (non-hydrogen) atoms. The number of benzene rings is 2. The Kier molecular flexibility index (Phi) is 4.72. The predicted octanol–water partition coefficient (Wildman–Crippen LogP) is 0.548. The summed E-state index contributed by atoms with van der Waals surface area (Å²) < 4.78 is 37.4. The summed E-state index contributed by atoms with van der Waals surface area (Å²) in [7, 11) is -4.08. The standard InChI is InChI=1S/C14H12FN3O4S/c15-12-4-2-1-3-11(12)14(20)17-18-23(21,22)10-7-5-9(6-8-10)13(16)19/h1-8,18H,(H2,16,19)(H,17,20). The Morgan fingerprint density at radius 2 is 1.61 bits per heavy atom. The molecule has 0 aliphatic heterocycles. The molecule has 0 fully saturated rings. The number of nitrogens with two attached hydrogens (primary N) is 1. The fourth-order valence-electron chi connectivity index (χ4n) is 1.68. The van der Waals surface area contributed by atoms with Crippen molar-refractivity contribution in [2.24, 2.45) is 5.73 Å². The summed E-state index contributed by atoms with van der Waals surface area (Å²) in [6.45, 7) is 0. The van der Waals surface area contributed by atoms with E-state index in [1.54, 1.807) is 0 Å². The number of nitrogens with one attached hydrogen (secondary N) is 2. The topological polar surface area (TPSA) is 118 Å². The zero-order valence-corrected chi connectivity index (χ0v) is 12.4. The van der Waals surface area contributed by atoms with Crippen LogP contribution in [-0.4, -0.2) is 20.2 Å². The highest BCUT2D eigenvalue weighted by molar-refractivity contribution is 7.89. The quantitative estimate of drug-likeness (QED) is 0.690. The highest BCUT2D eigenvalue weighted by Crippen LogP contribution is 2.10. The van der Waals surface area contributed by atoms with Gasteiger partial charge in [0, 0.05) is 5.56 Å². The average molecular weight is 337 g/mol. The van der Waals surface area contributed by atoms with Crippen molar-refractivity contribution in [3.05, 3.63) is 65.5 Å². The maximum Gasteiger partial charge on any atom is 0.269 e. The molecule has 2 amide bonds. The first kappa shape index (κ1) is 16.6. The summed E-state index contributed by atoms with van der Waals surface area (Å²) >= 11 is 0. The molecule has 0 aliphatic carbocycles. The van der Waals surface area contributed by atoms with Crippen LogP contribution in [0.3, 0.4) is 0 Å². The third-order valence-electron chi connectivity index (χ3n) is 2.87. The van der Waals surface area contributed by atoms with E-state index in [0.717, 1.165) is 18.2 Å². The van der Waals surface area contributed by atoms with Crippen molar-refractivity contribution in [1.82, 2.24) is 10.3 Å². The molecular weight excluding hydrogens is 325 g/mol. The van der Waals surface area contributed by atoms with Crippen molar-refractivity contribution in [1.29, 1.82) is 0 Å². The van der Waals surface area contributed by atoms with E-state index in [1.807, 2.05) is 10.3 Å². The number of hydrazine groups is 1. The molecule has 2 rings (SSSR count). The van der Waals surface area contributed by atoms with Crippen LogP contribution in [0.2, 0.25) is 0 Å². The van der Waals surface area contributed by atoms with Gasteiger partial charge in [0.2, 0.25) is 5.91 Å². The lowest BCUT2D eigenvalue weighted by molar-refractivity contribution is 0.0940. The summed E-state index contributed by atoms with van der Waals surface area (Å²) in [5.74, 6) is -2.43. The summed E-state index contributed by atoms with van der Waals surface area (Å²) in [5.41, 5.74) is 6.79. The second-order valence-electron chi connectivity index (χ2n) is 4.43. The molecule has 2 aromatic rings. The summed E-state index contributed by atoms with van der Waals surface area (Å²) in [6.07, 6.45) is 0. The Morgan fingerprint density at radius 3 is 2.17 bits per heavy atom. The minimum Gasteiger partial charge on any atom is -0.366 e. The van der Waals surface area contributed by atoms with Gasteiger partial charge < -0.3 is 5.73 Å². The molecule has 0 aromatic heterocycles.